The van der Waals surface area contributed by atoms with Crippen molar-refractivity contribution in [3.63, 3.8) is 0 Å². The zero-order chi connectivity index (χ0) is 19.5. The smallest absolute Gasteiger partial charge is 0.203 e. The molecular weight excluding hydrogens is 372 g/mol. The van der Waals surface area contributed by atoms with Gasteiger partial charge in [-0.3, -0.25) is 4.98 Å². The monoisotopic (exact) mass is 392 g/mol. The van der Waals surface area contributed by atoms with E-state index in [1.807, 2.05) is 60.6 Å². The predicted octanol–water partition coefficient (Wildman–Crippen LogP) is 5.03. The molecule has 0 amide bonds. The molecule has 0 fully saturated rings. The topological polar surface area (TPSA) is 54.0 Å². The fourth-order valence-electron chi connectivity index (χ4n) is 3.05. The standard InChI is InChI=1S/C22H21ClN4O/c1-27(11-12-28-2)22-25-20-10-5-16(13-21(20)26-22)19-9-6-17(14-24-19)15-3-7-18(23)8-4-15/h3-10,13-14H,11-12H2,1-2H3,(H,25,26). The van der Waals surface area contributed by atoms with Gasteiger partial charge in [-0.05, 0) is 35.9 Å². The number of hydrogen-bond acceptors (Lipinski definition) is 4. The fraction of sp³-hybridized carbons (Fsp3) is 0.182. The van der Waals surface area contributed by atoms with Gasteiger partial charge in [0.15, 0.2) is 0 Å². The number of halogens is 1. The molecular formula is C22H21ClN4O. The van der Waals surface area contributed by atoms with Gasteiger partial charge in [-0.15, -0.1) is 0 Å². The summed E-state index contributed by atoms with van der Waals surface area (Å²) in [5.74, 6) is 0.829. The first kappa shape index (κ1) is 18.5. The van der Waals surface area contributed by atoms with E-state index < -0.39 is 0 Å². The summed E-state index contributed by atoms with van der Waals surface area (Å²) < 4.78 is 5.13. The third kappa shape index (κ3) is 3.86. The van der Waals surface area contributed by atoms with E-state index in [1.165, 1.54) is 0 Å². The third-order valence-electron chi connectivity index (χ3n) is 4.70. The molecule has 0 bridgehead atoms. The van der Waals surface area contributed by atoms with Crippen LogP contribution in [0.25, 0.3) is 33.4 Å². The van der Waals surface area contributed by atoms with Crippen molar-refractivity contribution in [2.24, 2.45) is 0 Å². The van der Waals surface area contributed by atoms with E-state index >= 15 is 0 Å². The van der Waals surface area contributed by atoms with E-state index in [0.29, 0.717) is 6.61 Å². The molecule has 0 aliphatic rings. The Bertz CT molecular complexity index is 1070. The number of aromatic nitrogens is 3. The minimum atomic E-state index is 0.655. The molecule has 0 spiro atoms. The highest BCUT2D eigenvalue weighted by Crippen LogP contribution is 2.26. The highest BCUT2D eigenvalue weighted by atomic mass is 35.5. The van der Waals surface area contributed by atoms with Gasteiger partial charge >= 0.3 is 0 Å². The molecule has 2 aromatic carbocycles. The molecule has 0 aliphatic heterocycles. The van der Waals surface area contributed by atoms with Gasteiger partial charge in [-0.1, -0.05) is 35.9 Å². The summed E-state index contributed by atoms with van der Waals surface area (Å²) in [4.78, 5) is 14.7. The number of likely N-dealkylation sites (N-methyl/N-ethyl adjacent to an activating group) is 1. The van der Waals surface area contributed by atoms with E-state index in [4.69, 9.17) is 16.3 Å². The van der Waals surface area contributed by atoms with Gasteiger partial charge in [0.2, 0.25) is 5.95 Å². The van der Waals surface area contributed by atoms with Crippen LogP contribution in [0.5, 0.6) is 0 Å². The van der Waals surface area contributed by atoms with Crippen molar-refractivity contribution in [1.29, 1.82) is 0 Å². The van der Waals surface area contributed by atoms with Crippen LogP contribution in [0, 0.1) is 0 Å². The Morgan fingerprint density at radius 3 is 2.46 bits per heavy atom. The van der Waals surface area contributed by atoms with Gasteiger partial charge in [0.1, 0.15) is 0 Å². The Morgan fingerprint density at radius 1 is 1.00 bits per heavy atom. The average molecular weight is 393 g/mol. The van der Waals surface area contributed by atoms with Crippen LogP contribution in [0.3, 0.4) is 0 Å². The first-order valence-electron chi connectivity index (χ1n) is 9.06. The lowest BCUT2D eigenvalue weighted by Crippen LogP contribution is -2.22. The highest BCUT2D eigenvalue weighted by Gasteiger charge is 2.09. The second-order valence-corrected chi connectivity index (χ2v) is 7.08. The fourth-order valence-corrected chi connectivity index (χ4v) is 3.17. The van der Waals surface area contributed by atoms with Crippen molar-refractivity contribution in [1.82, 2.24) is 15.0 Å². The van der Waals surface area contributed by atoms with Crippen molar-refractivity contribution < 1.29 is 4.74 Å². The lowest BCUT2D eigenvalue weighted by atomic mass is 10.1. The van der Waals surface area contributed by atoms with E-state index in [0.717, 1.165) is 50.9 Å². The summed E-state index contributed by atoms with van der Waals surface area (Å²) in [6.07, 6.45) is 1.89. The van der Waals surface area contributed by atoms with Gasteiger partial charge < -0.3 is 14.6 Å². The number of fused-ring (bicyclic) bond motifs is 1. The van der Waals surface area contributed by atoms with Crippen LogP contribution in [-0.4, -0.2) is 42.3 Å². The normalized spacial score (nSPS) is 11.1. The molecule has 0 unspecified atom stereocenters. The molecule has 1 N–H and O–H groups in total. The number of nitrogens with zero attached hydrogens (tertiary/aromatic N) is 3. The first-order chi connectivity index (χ1) is 13.6. The molecule has 5 nitrogen and oxygen atoms in total. The molecule has 0 radical (unpaired) electrons. The van der Waals surface area contributed by atoms with Crippen molar-refractivity contribution >= 4 is 28.6 Å². The zero-order valence-corrected chi connectivity index (χ0v) is 16.6. The number of hydrogen-bond donors (Lipinski definition) is 1. The van der Waals surface area contributed by atoms with Gasteiger partial charge in [-0.2, -0.15) is 0 Å². The number of pyridine rings is 1. The molecule has 2 aromatic heterocycles. The summed E-state index contributed by atoms with van der Waals surface area (Å²) in [7, 11) is 3.69. The molecule has 2 heterocycles. The van der Waals surface area contributed by atoms with Crippen molar-refractivity contribution in [3.05, 3.63) is 65.8 Å². The van der Waals surface area contributed by atoms with Gasteiger partial charge in [0.05, 0.1) is 23.3 Å². The first-order valence-corrected chi connectivity index (χ1v) is 9.44. The number of aromatic amines is 1. The number of H-pyrrole nitrogens is 1. The second kappa shape index (κ2) is 8.00. The van der Waals surface area contributed by atoms with Crippen LogP contribution in [0.2, 0.25) is 5.02 Å². The lowest BCUT2D eigenvalue weighted by molar-refractivity contribution is 0.206. The Kier molecular flexibility index (Phi) is 5.28. The number of ether oxygens (including phenoxy) is 1. The van der Waals surface area contributed by atoms with Crippen LogP contribution < -0.4 is 4.90 Å². The molecule has 0 saturated heterocycles. The maximum absolute atomic E-state index is 5.97. The Hall–Kier alpha value is -2.89. The number of nitrogens with one attached hydrogen (secondary N) is 1. The maximum Gasteiger partial charge on any atom is 0.203 e. The summed E-state index contributed by atoms with van der Waals surface area (Å²) in [6.45, 7) is 1.43. The molecule has 0 saturated carbocycles. The number of imidazole rings is 1. The quantitative estimate of drug-likeness (QED) is 0.500. The molecule has 142 valence electrons. The van der Waals surface area contributed by atoms with Crippen LogP contribution in [-0.2, 0) is 4.74 Å². The Labute approximate surface area is 169 Å². The second-order valence-electron chi connectivity index (χ2n) is 6.65. The molecule has 6 heteroatoms. The number of anilines is 1. The maximum atomic E-state index is 5.97. The highest BCUT2D eigenvalue weighted by molar-refractivity contribution is 6.30. The molecule has 0 aliphatic carbocycles. The van der Waals surface area contributed by atoms with Crippen LogP contribution in [0.15, 0.2) is 60.8 Å². The number of rotatable bonds is 6. The largest absolute Gasteiger partial charge is 0.383 e. The number of methoxy groups -OCH3 is 1. The van der Waals surface area contributed by atoms with E-state index in [2.05, 4.69) is 27.1 Å². The number of benzene rings is 2. The van der Waals surface area contributed by atoms with E-state index in [1.54, 1.807) is 7.11 Å². The van der Waals surface area contributed by atoms with Gasteiger partial charge in [0.25, 0.3) is 0 Å². The summed E-state index contributed by atoms with van der Waals surface area (Å²) in [6, 6.07) is 18.0. The molecule has 0 atom stereocenters. The van der Waals surface area contributed by atoms with Crippen molar-refractivity contribution in [2.45, 2.75) is 0 Å². The minimum Gasteiger partial charge on any atom is -0.383 e. The average Bonchev–Trinajstić information content (AvgIpc) is 3.16. The van der Waals surface area contributed by atoms with Crippen molar-refractivity contribution in [2.75, 3.05) is 32.2 Å². The van der Waals surface area contributed by atoms with Gasteiger partial charge in [-0.25, -0.2) is 4.98 Å². The van der Waals surface area contributed by atoms with Crippen LogP contribution >= 0.6 is 11.6 Å². The molecule has 4 aromatic rings. The van der Waals surface area contributed by atoms with E-state index in [9.17, 15) is 0 Å². The summed E-state index contributed by atoms with van der Waals surface area (Å²) in [5, 5.41) is 0.730. The SMILES string of the molecule is COCCN(C)c1nc2ccc(-c3ccc(-c4ccc(Cl)cc4)cn3)cc2[nH]1. The zero-order valence-electron chi connectivity index (χ0n) is 15.8. The minimum absolute atomic E-state index is 0.655. The Balaban J connectivity index is 1.59. The molecule has 28 heavy (non-hydrogen) atoms. The molecule has 4 rings (SSSR count). The predicted molar refractivity (Wildman–Crippen MR) is 115 cm³/mol. The third-order valence-corrected chi connectivity index (χ3v) is 4.95. The Morgan fingerprint density at radius 2 is 1.75 bits per heavy atom. The van der Waals surface area contributed by atoms with Gasteiger partial charge in [0, 0.05) is 43.0 Å². The summed E-state index contributed by atoms with van der Waals surface area (Å²) >= 11 is 5.97. The van der Waals surface area contributed by atoms with Crippen LogP contribution in [0.4, 0.5) is 5.95 Å². The van der Waals surface area contributed by atoms with E-state index in [-0.39, 0.29) is 0 Å². The lowest BCUT2D eigenvalue weighted by Gasteiger charge is -2.14. The summed E-state index contributed by atoms with van der Waals surface area (Å²) in [5.41, 5.74) is 6.04. The van der Waals surface area contributed by atoms with Crippen LogP contribution in [0.1, 0.15) is 0 Å². The van der Waals surface area contributed by atoms with Crippen molar-refractivity contribution in [3.8, 4) is 22.4 Å².